The zero-order valence-corrected chi connectivity index (χ0v) is 26.3. The summed E-state index contributed by atoms with van der Waals surface area (Å²) >= 11 is 1.96. The normalized spacial score (nSPS) is 14.9. The zero-order chi connectivity index (χ0) is 30.4. The molecule has 10 rings (SSSR count). The van der Waals surface area contributed by atoms with Crippen molar-refractivity contribution in [3.63, 3.8) is 0 Å². The third kappa shape index (κ3) is 3.70. The first-order chi connectivity index (χ1) is 22.7. The molecule has 0 amide bonds. The van der Waals surface area contributed by atoms with E-state index in [-0.39, 0.29) is 0 Å². The van der Waals surface area contributed by atoms with Gasteiger partial charge in [-0.15, -0.1) is 11.3 Å². The van der Waals surface area contributed by atoms with Crippen LogP contribution < -0.4 is 0 Å². The largest absolute Gasteiger partial charge is 0.313 e. The van der Waals surface area contributed by atoms with E-state index >= 15 is 0 Å². The van der Waals surface area contributed by atoms with Crippen molar-refractivity contribution in [3.05, 3.63) is 150 Å². The van der Waals surface area contributed by atoms with Gasteiger partial charge in [0.25, 0.3) is 0 Å². The Hall–Kier alpha value is -5.38. The monoisotopic (exact) mass is 606 g/mol. The molecule has 3 aromatic heterocycles. The fourth-order valence-electron chi connectivity index (χ4n) is 7.82. The molecule has 0 saturated heterocycles. The maximum absolute atomic E-state index is 2.53. The molecular formula is C43H30N2S. The van der Waals surface area contributed by atoms with Gasteiger partial charge in [-0.05, 0) is 83.8 Å². The Morgan fingerprint density at radius 3 is 1.76 bits per heavy atom. The van der Waals surface area contributed by atoms with Crippen molar-refractivity contribution in [2.24, 2.45) is 5.92 Å². The second-order valence-electron chi connectivity index (χ2n) is 12.6. The topological polar surface area (TPSA) is 9.86 Å². The molecule has 0 unspecified atom stereocenters. The highest BCUT2D eigenvalue weighted by Crippen LogP contribution is 2.44. The zero-order valence-electron chi connectivity index (χ0n) is 25.4. The van der Waals surface area contributed by atoms with Crippen LogP contribution in [0, 0.1) is 5.92 Å². The lowest BCUT2D eigenvalue weighted by atomic mass is 9.92. The number of nitrogens with zero attached hydrogens (tertiary/aromatic N) is 2. The first kappa shape index (κ1) is 25.9. The van der Waals surface area contributed by atoms with Gasteiger partial charge in [-0.1, -0.05) is 91.9 Å². The van der Waals surface area contributed by atoms with Crippen LogP contribution in [0.5, 0.6) is 0 Å². The Bertz CT molecular complexity index is 2680. The number of para-hydroxylation sites is 3. The van der Waals surface area contributed by atoms with Gasteiger partial charge in [0.05, 0.1) is 22.1 Å². The maximum Gasteiger partial charge on any atom is 0.0541 e. The first-order valence-electron chi connectivity index (χ1n) is 16.1. The predicted molar refractivity (Wildman–Crippen MR) is 198 cm³/mol. The van der Waals surface area contributed by atoms with Crippen molar-refractivity contribution in [3.8, 4) is 16.8 Å². The van der Waals surface area contributed by atoms with Crippen LogP contribution in [0.2, 0.25) is 0 Å². The molecule has 9 aromatic rings. The molecule has 0 saturated carbocycles. The molecule has 2 nitrogen and oxygen atoms in total. The van der Waals surface area contributed by atoms with E-state index in [1.807, 2.05) is 11.3 Å². The molecule has 6 aromatic carbocycles. The van der Waals surface area contributed by atoms with Crippen LogP contribution in [0.4, 0.5) is 0 Å². The SMILES string of the molecule is C[C@@H]1Cc2sc3ccccc3c2C=C1n1c2ccccc2c2cc(-c3ccc4c(c3)c3ccccc3n4-c3ccccc3)ccc21. The van der Waals surface area contributed by atoms with Gasteiger partial charge < -0.3 is 9.13 Å². The Balaban J connectivity index is 1.17. The van der Waals surface area contributed by atoms with E-state index in [0.717, 1.165) is 6.42 Å². The van der Waals surface area contributed by atoms with Crippen LogP contribution in [0.25, 0.3) is 82.3 Å². The number of thiophene rings is 1. The Labute approximate surface area is 271 Å². The van der Waals surface area contributed by atoms with Crippen LogP contribution in [0.15, 0.2) is 140 Å². The Morgan fingerprint density at radius 2 is 1.07 bits per heavy atom. The van der Waals surface area contributed by atoms with Gasteiger partial charge in [0.15, 0.2) is 0 Å². The second kappa shape index (κ2) is 9.81. The molecular weight excluding hydrogens is 577 g/mol. The molecule has 3 heteroatoms. The fourth-order valence-corrected chi connectivity index (χ4v) is 9.13. The summed E-state index contributed by atoms with van der Waals surface area (Å²) in [6, 6.07) is 51.2. The van der Waals surface area contributed by atoms with E-state index in [1.54, 1.807) is 0 Å². The molecule has 3 heterocycles. The summed E-state index contributed by atoms with van der Waals surface area (Å²) in [6.45, 7) is 2.38. The van der Waals surface area contributed by atoms with Gasteiger partial charge >= 0.3 is 0 Å². The molecule has 1 atom stereocenters. The molecule has 0 aliphatic heterocycles. The standard InChI is InChI=1S/C43H30N2S/c1-27-23-43-36(33-15-7-10-18-42(33)46-43)26-41(27)45-38-17-9-6-14-32(38)35-25-29(20-22-40(35)45)28-19-21-39-34(24-28)31-13-5-8-16-37(31)44(39)30-11-3-2-4-12-30/h2-22,24-27H,23H2,1H3/t27-/m1/s1. The minimum Gasteiger partial charge on any atom is -0.313 e. The van der Waals surface area contributed by atoms with Gasteiger partial charge in [0.1, 0.15) is 0 Å². The van der Waals surface area contributed by atoms with Crippen molar-refractivity contribution >= 4 is 76.8 Å². The van der Waals surface area contributed by atoms with Crippen LogP contribution >= 0.6 is 11.3 Å². The summed E-state index contributed by atoms with van der Waals surface area (Å²) in [7, 11) is 0. The van der Waals surface area contributed by atoms with E-state index in [9.17, 15) is 0 Å². The summed E-state index contributed by atoms with van der Waals surface area (Å²) in [5.74, 6) is 0.420. The maximum atomic E-state index is 2.53. The van der Waals surface area contributed by atoms with E-state index in [2.05, 4.69) is 162 Å². The van der Waals surface area contributed by atoms with Gasteiger partial charge in [0.2, 0.25) is 0 Å². The molecule has 0 N–H and O–H groups in total. The third-order valence-electron chi connectivity index (χ3n) is 9.95. The average Bonchev–Trinajstić information content (AvgIpc) is 3.75. The van der Waals surface area contributed by atoms with Crippen LogP contribution in [0.1, 0.15) is 17.4 Å². The molecule has 1 aliphatic carbocycles. The molecule has 0 radical (unpaired) electrons. The lowest BCUT2D eigenvalue weighted by molar-refractivity contribution is 0.717. The number of hydrogen-bond donors (Lipinski definition) is 0. The van der Waals surface area contributed by atoms with Crippen LogP contribution in [-0.4, -0.2) is 9.13 Å². The van der Waals surface area contributed by atoms with Gasteiger partial charge in [-0.2, -0.15) is 0 Å². The lowest BCUT2D eigenvalue weighted by Crippen LogP contribution is -2.12. The number of aromatic nitrogens is 2. The molecule has 0 spiro atoms. The molecule has 218 valence electrons. The highest BCUT2D eigenvalue weighted by Gasteiger charge is 2.25. The second-order valence-corrected chi connectivity index (χ2v) is 13.8. The minimum atomic E-state index is 0.420. The molecule has 46 heavy (non-hydrogen) atoms. The average molecular weight is 607 g/mol. The third-order valence-corrected chi connectivity index (χ3v) is 11.2. The summed E-state index contributed by atoms with van der Waals surface area (Å²) in [6.07, 6.45) is 3.54. The van der Waals surface area contributed by atoms with Crippen molar-refractivity contribution in [2.75, 3.05) is 0 Å². The van der Waals surface area contributed by atoms with E-state index in [4.69, 9.17) is 0 Å². The molecule has 1 aliphatic rings. The van der Waals surface area contributed by atoms with Gasteiger partial charge in [-0.25, -0.2) is 0 Å². The smallest absolute Gasteiger partial charge is 0.0541 e. The Morgan fingerprint density at radius 1 is 0.522 bits per heavy atom. The molecule has 0 fully saturated rings. The number of benzene rings is 6. The summed E-state index contributed by atoms with van der Waals surface area (Å²) < 4.78 is 6.30. The van der Waals surface area contributed by atoms with Gasteiger partial charge in [-0.3, -0.25) is 0 Å². The summed E-state index contributed by atoms with van der Waals surface area (Å²) in [5, 5.41) is 6.53. The number of allylic oxidation sites excluding steroid dienone is 1. The summed E-state index contributed by atoms with van der Waals surface area (Å²) in [5.41, 5.74) is 11.5. The fraction of sp³-hybridized carbons (Fsp3) is 0.0698. The number of fused-ring (bicyclic) bond motifs is 9. The minimum absolute atomic E-state index is 0.420. The van der Waals surface area contributed by atoms with Crippen LogP contribution in [-0.2, 0) is 6.42 Å². The summed E-state index contributed by atoms with van der Waals surface area (Å²) in [4.78, 5) is 1.50. The quantitative estimate of drug-likeness (QED) is 0.189. The lowest BCUT2D eigenvalue weighted by Gasteiger charge is -2.23. The Kier molecular flexibility index (Phi) is 5.52. The van der Waals surface area contributed by atoms with E-state index in [1.165, 1.54) is 86.6 Å². The van der Waals surface area contributed by atoms with Crippen molar-refractivity contribution in [1.82, 2.24) is 9.13 Å². The predicted octanol–water partition coefficient (Wildman–Crippen LogP) is 12.0. The number of hydrogen-bond acceptors (Lipinski definition) is 1. The van der Waals surface area contributed by atoms with Gasteiger partial charge in [0, 0.05) is 53.8 Å². The van der Waals surface area contributed by atoms with Crippen LogP contribution in [0.3, 0.4) is 0 Å². The van der Waals surface area contributed by atoms with Crippen molar-refractivity contribution in [2.45, 2.75) is 13.3 Å². The highest BCUT2D eigenvalue weighted by atomic mass is 32.1. The molecule has 0 bridgehead atoms. The van der Waals surface area contributed by atoms with Crippen molar-refractivity contribution in [1.29, 1.82) is 0 Å². The number of rotatable bonds is 3. The van der Waals surface area contributed by atoms with Crippen molar-refractivity contribution < 1.29 is 0 Å². The van der Waals surface area contributed by atoms with E-state index in [0.29, 0.717) is 5.92 Å². The van der Waals surface area contributed by atoms with E-state index < -0.39 is 0 Å². The highest BCUT2D eigenvalue weighted by molar-refractivity contribution is 7.19. The first-order valence-corrected chi connectivity index (χ1v) is 16.9.